The van der Waals surface area contributed by atoms with Gasteiger partial charge in [0, 0.05) is 13.2 Å². The van der Waals surface area contributed by atoms with Gasteiger partial charge in [-0.1, -0.05) is 30.3 Å². The fraction of sp³-hybridized carbons (Fsp3) is 0.143. The van der Waals surface area contributed by atoms with E-state index in [-0.39, 0.29) is 5.78 Å². The molecule has 2 aromatic rings. The molecule has 3 nitrogen and oxygen atoms in total. The van der Waals surface area contributed by atoms with E-state index in [2.05, 4.69) is 5.10 Å². The highest BCUT2D eigenvalue weighted by Crippen LogP contribution is 2.10. The van der Waals surface area contributed by atoms with Gasteiger partial charge in [0.05, 0.1) is 11.8 Å². The first kappa shape index (κ1) is 11.3. The fourth-order valence-electron chi connectivity index (χ4n) is 1.58. The fourth-order valence-corrected chi connectivity index (χ4v) is 1.58. The maximum atomic E-state index is 11.8. The topological polar surface area (TPSA) is 34.9 Å². The van der Waals surface area contributed by atoms with Gasteiger partial charge in [-0.15, -0.1) is 0 Å². The lowest BCUT2D eigenvalue weighted by atomic mass is 10.1. The zero-order valence-corrected chi connectivity index (χ0v) is 9.92. The van der Waals surface area contributed by atoms with Crippen molar-refractivity contribution < 1.29 is 4.79 Å². The third kappa shape index (κ3) is 2.69. The molecule has 0 aliphatic rings. The Bertz CT molecular complexity index is 567. The highest BCUT2D eigenvalue weighted by molar-refractivity contribution is 6.06. The molecule has 0 amide bonds. The van der Waals surface area contributed by atoms with Gasteiger partial charge < -0.3 is 0 Å². The van der Waals surface area contributed by atoms with Crippen LogP contribution in [0.5, 0.6) is 0 Å². The average Bonchev–Trinajstić information content (AvgIpc) is 2.74. The lowest BCUT2D eigenvalue weighted by Crippen LogP contribution is -1.92. The molecule has 0 unspecified atom stereocenters. The molecular weight excluding hydrogens is 212 g/mol. The average molecular weight is 226 g/mol. The number of rotatable bonds is 3. The van der Waals surface area contributed by atoms with Gasteiger partial charge >= 0.3 is 0 Å². The minimum absolute atomic E-state index is 0.0265. The first-order chi connectivity index (χ1) is 8.16. The van der Waals surface area contributed by atoms with Gasteiger partial charge in [-0.05, 0) is 24.1 Å². The van der Waals surface area contributed by atoms with Gasteiger partial charge in [0.15, 0.2) is 5.78 Å². The summed E-state index contributed by atoms with van der Waals surface area (Å²) in [4.78, 5) is 11.8. The van der Waals surface area contributed by atoms with E-state index in [9.17, 15) is 4.79 Å². The summed E-state index contributed by atoms with van der Waals surface area (Å²) >= 11 is 0. The second-order valence-electron chi connectivity index (χ2n) is 3.96. The van der Waals surface area contributed by atoms with Crippen molar-refractivity contribution in [3.05, 3.63) is 59.4 Å². The van der Waals surface area contributed by atoms with Crippen LogP contribution in [0, 0.1) is 6.92 Å². The van der Waals surface area contributed by atoms with Crippen molar-refractivity contribution in [3.8, 4) is 0 Å². The largest absolute Gasteiger partial charge is 0.289 e. The Morgan fingerprint density at radius 3 is 2.76 bits per heavy atom. The van der Waals surface area contributed by atoms with Gasteiger partial charge in [0.2, 0.25) is 0 Å². The van der Waals surface area contributed by atoms with Crippen molar-refractivity contribution in [2.45, 2.75) is 6.92 Å². The summed E-state index contributed by atoms with van der Waals surface area (Å²) < 4.78 is 1.62. The summed E-state index contributed by atoms with van der Waals surface area (Å²) in [5.74, 6) is -0.0265. The van der Waals surface area contributed by atoms with E-state index in [0.29, 0.717) is 5.56 Å². The van der Waals surface area contributed by atoms with Gasteiger partial charge in [-0.2, -0.15) is 5.10 Å². The summed E-state index contributed by atoms with van der Waals surface area (Å²) in [6.45, 7) is 2.02. The van der Waals surface area contributed by atoms with Crippen LogP contribution in [0.1, 0.15) is 21.5 Å². The number of allylic oxidation sites excluding steroid dienone is 1. The molecule has 0 aliphatic carbocycles. The molecule has 0 saturated carbocycles. The van der Waals surface area contributed by atoms with Gasteiger partial charge in [-0.3, -0.25) is 9.48 Å². The second-order valence-corrected chi connectivity index (χ2v) is 3.96. The molecule has 0 saturated heterocycles. The summed E-state index contributed by atoms with van der Waals surface area (Å²) in [5.41, 5.74) is 2.82. The minimum atomic E-state index is -0.0265. The van der Waals surface area contributed by atoms with E-state index in [1.165, 1.54) is 0 Å². The molecule has 17 heavy (non-hydrogen) atoms. The lowest BCUT2D eigenvalue weighted by molar-refractivity contribution is 0.104. The van der Waals surface area contributed by atoms with Crippen LogP contribution >= 0.6 is 0 Å². The van der Waals surface area contributed by atoms with Crippen molar-refractivity contribution in [3.63, 3.8) is 0 Å². The number of aryl methyl sites for hydroxylation is 2. The van der Waals surface area contributed by atoms with Crippen LogP contribution in [0.25, 0.3) is 6.08 Å². The number of aromatic nitrogens is 2. The lowest BCUT2D eigenvalue weighted by Gasteiger charge is -1.97. The maximum absolute atomic E-state index is 11.8. The molecule has 1 aromatic heterocycles. The Hall–Kier alpha value is -2.16. The van der Waals surface area contributed by atoms with Crippen LogP contribution in [0.4, 0.5) is 0 Å². The van der Waals surface area contributed by atoms with Crippen LogP contribution in [0.3, 0.4) is 0 Å². The molecule has 0 radical (unpaired) electrons. The second kappa shape index (κ2) is 4.78. The number of nitrogens with zero attached hydrogens (tertiary/aromatic N) is 2. The maximum Gasteiger partial charge on any atom is 0.189 e. The van der Waals surface area contributed by atoms with Crippen LogP contribution < -0.4 is 0 Å². The Kier molecular flexibility index (Phi) is 3.19. The normalized spacial score (nSPS) is 10.9. The molecule has 0 aliphatic heterocycles. The van der Waals surface area contributed by atoms with Gasteiger partial charge in [0.1, 0.15) is 0 Å². The summed E-state index contributed by atoms with van der Waals surface area (Å²) in [5, 5.41) is 3.97. The SMILES string of the molecule is Cc1ccccc1/C=C/C(=O)c1cnn(C)c1. The summed E-state index contributed by atoms with van der Waals surface area (Å²) in [6.07, 6.45) is 6.71. The van der Waals surface area contributed by atoms with E-state index < -0.39 is 0 Å². The van der Waals surface area contributed by atoms with Crippen molar-refractivity contribution in [1.29, 1.82) is 0 Å². The Labute approximate surface area is 100 Å². The number of benzene rings is 1. The number of carbonyl (C=O) groups is 1. The highest BCUT2D eigenvalue weighted by atomic mass is 16.1. The van der Waals surface area contributed by atoms with Crippen LogP contribution in [0.15, 0.2) is 42.7 Å². The van der Waals surface area contributed by atoms with E-state index >= 15 is 0 Å². The minimum Gasteiger partial charge on any atom is -0.289 e. The monoisotopic (exact) mass is 226 g/mol. The Morgan fingerprint density at radius 1 is 1.35 bits per heavy atom. The molecule has 1 heterocycles. The van der Waals surface area contributed by atoms with Crippen molar-refractivity contribution in [2.24, 2.45) is 7.05 Å². The first-order valence-electron chi connectivity index (χ1n) is 5.43. The highest BCUT2D eigenvalue weighted by Gasteiger charge is 2.03. The van der Waals surface area contributed by atoms with E-state index in [1.807, 2.05) is 37.3 Å². The smallest absolute Gasteiger partial charge is 0.189 e. The van der Waals surface area contributed by atoms with Crippen molar-refractivity contribution >= 4 is 11.9 Å². The molecule has 0 N–H and O–H groups in total. The molecule has 0 fully saturated rings. The van der Waals surface area contributed by atoms with Crippen LogP contribution in [-0.4, -0.2) is 15.6 Å². The van der Waals surface area contributed by atoms with E-state index in [0.717, 1.165) is 11.1 Å². The predicted molar refractivity (Wildman–Crippen MR) is 67.8 cm³/mol. The zero-order valence-electron chi connectivity index (χ0n) is 9.92. The van der Waals surface area contributed by atoms with E-state index in [4.69, 9.17) is 0 Å². The molecule has 1 aromatic carbocycles. The number of carbonyl (C=O) groups excluding carboxylic acids is 1. The molecule has 86 valence electrons. The summed E-state index contributed by atoms with van der Waals surface area (Å²) in [6, 6.07) is 7.95. The third-order valence-electron chi connectivity index (χ3n) is 2.59. The number of hydrogen-bond acceptors (Lipinski definition) is 2. The number of ketones is 1. The first-order valence-corrected chi connectivity index (χ1v) is 5.43. The van der Waals surface area contributed by atoms with E-state index in [1.54, 1.807) is 30.2 Å². The standard InChI is InChI=1S/C14H14N2O/c1-11-5-3-4-6-12(11)7-8-14(17)13-9-15-16(2)10-13/h3-10H,1-2H3/b8-7+. The molecule has 2 rings (SSSR count). The molecule has 3 heteroatoms. The Balaban J connectivity index is 2.17. The molecular formula is C14H14N2O. The van der Waals surface area contributed by atoms with Crippen LogP contribution in [0.2, 0.25) is 0 Å². The Morgan fingerprint density at radius 2 is 2.12 bits per heavy atom. The van der Waals surface area contributed by atoms with Gasteiger partial charge in [0.25, 0.3) is 0 Å². The van der Waals surface area contributed by atoms with Crippen LogP contribution in [-0.2, 0) is 7.05 Å². The zero-order chi connectivity index (χ0) is 12.3. The third-order valence-corrected chi connectivity index (χ3v) is 2.59. The molecule has 0 bridgehead atoms. The van der Waals surface area contributed by atoms with Crippen molar-refractivity contribution in [1.82, 2.24) is 9.78 Å². The summed E-state index contributed by atoms with van der Waals surface area (Å²) in [7, 11) is 1.79. The molecule has 0 spiro atoms. The van der Waals surface area contributed by atoms with Gasteiger partial charge in [-0.25, -0.2) is 0 Å². The quantitative estimate of drug-likeness (QED) is 0.595. The number of hydrogen-bond donors (Lipinski definition) is 0. The molecule has 0 atom stereocenters. The predicted octanol–water partition coefficient (Wildman–Crippen LogP) is 2.62. The van der Waals surface area contributed by atoms with Crippen molar-refractivity contribution in [2.75, 3.05) is 0 Å².